The van der Waals surface area contributed by atoms with Gasteiger partial charge in [-0.05, 0) is 70.8 Å². The molecule has 13 rings (SSSR count). The van der Waals surface area contributed by atoms with Gasteiger partial charge in [-0.15, -0.1) is 0 Å². The minimum absolute atomic E-state index is 0.596. The highest BCUT2D eigenvalue weighted by Gasteiger charge is 2.22. The van der Waals surface area contributed by atoms with Gasteiger partial charge in [-0.25, -0.2) is 15.0 Å². The lowest BCUT2D eigenvalue weighted by molar-refractivity contribution is 0.667. The molecular formula is C57H33N3O3. The number of furan rings is 3. The molecule has 4 heterocycles. The topological polar surface area (TPSA) is 78.1 Å². The number of nitrogens with zero attached hydrogens (tertiary/aromatic N) is 3. The molecule has 294 valence electrons. The van der Waals surface area contributed by atoms with Crippen LogP contribution in [0, 0.1) is 0 Å². The Morgan fingerprint density at radius 3 is 1.52 bits per heavy atom. The summed E-state index contributed by atoms with van der Waals surface area (Å²) in [5.41, 5.74) is 13.7. The third-order valence-electron chi connectivity index (χ3n) is 12.1. The van der Waals surface area contributed by atoms with Crippen molar-refractivity contribution < 1.29 is 13.3 Å². The van der Waals surface area contributed by atoms with Crippen molar-refractivity contribution in [2.45, 2.75) is 0 Å². The highest BCUT2D eigenvalue weighted by molar-refractivity contribution is 6.18. The van der Waals surface area contributed by atoms with Gasteiger partial charge >= 0.3 is 0 Å². The van der Waals surface area contributed by atoms with E-state index in [1.165, 1.54) is 0 Å². The average Bonchev–Trinajstić information content (AvgIpc) is 4.05. The summed E-state index contributed by atoms with van der Waals surface area (Å²) >= 11 is 0. The molecule has 0 unspecified atom stereocenters. The summed E-state index contributed by atoms with van der Waals surface area (Å²) in [6.45, 7) is 0. The molecule has 0 aliphatic rings. The summed E-state index contributed by atoms with van der Waals surface area (Å²) in [6.07, 6.45) is 0. The fourth-order valence-corrected chi connectivity index (χ4v) is 9.17. The summed E-state index contributed by atoms with van der Waals surface area (Å²) in [6, 6.07) is 68.6. The summed E-state index contributed by atoms with van der Waals surface area (Å²) in [7, 11) is 0. The molecule has 0 N–H and O–H groups in total. The fraction of sp³-hybridized carbons (Fsp3) is 0. The van der Waals surface area contributed by atoms with Crippen molar-refractivity contribution in [3.05, 3.63) is 200 Å². The van der Waals surface area contributed by atoms with E-state index >= 15 is 0 Å². The van der Waals surface area contributed by atoms with E-state index in [2.05, 4.69) is 109 Å². The maximum atomic E-state index is 6.95. The van der Waals surface area contributed by atoms with E-state index in [1.807, 2.05) is 91.0 Å². The first-order valence-corrected chi connectivity index (χ1v) is 21.0. The maximum Gasteiger partial charge on any atom is 0.164 e. The van der Waals surface area contributed by atoms with Gasteiger partial charge in [0.1, 0.15) is 33.5 Å². The van der Waals surface area contributed by atoms with E-state index in [0.29, 0.717) is 17.5 Å². The van der Waals surface area contributed by atoms with Crippen molar-refractivity contribution in [3.8, 4) is 67.5 Å². The Kier molecular flexibility index (Phi) is 7.80. The number of fused-ring (bicyclic) bond motifs is 9. The van der Waals surface area contributed by atoms with Gasteiger partial charge in [0, 0.05) is 60.1 Å². The van der Waals surface area contributed by atoms with Crippen molar-refractivity contribution >= 4 is 65.8 Å². The maximum absolute atomic E-state index is 6.95. The molecule has 13 aromatic rings. The predicted molar refractivity (Wildman–Crippen MR) is 254 cm³/mol. The van der Waals surface area contributed by atoms with Gasteiger partial charge in [0.2, 0.25) is 0 Å². The van der Waals surface area contributed by atoms with E-state index in [-0.39, 0.29) is 0 Å². The van der Waals surface area contributed by atoms with E-state index < -0.39 is 0 Å². The van der Waals surface area contributed by atoms with E-state index in [4.69, 9.17) is 28.2 Å². The summed E-state index contributed by atoms with van der Waals surface area (Å²) in [4.78, 5) is 15.0. The van der Waals surface area contributed by atoms with Crippen LogP contribution < -0.4 is 0 Å². The highest BCUT2D eigenvalue weighted by atomic mass is 16.3. The Bertz CT molecular complexity index is 3860. The Labute approximate surface area is 360 Å². The van der Waals surface area contributed by atoms with Gasteiger partial charge in [0.05, 0.1) is 0 Å². The molecular weight excluding hydrogens is 775 g/mol. The number of hydrogen-bond donors (Lipinski definition) is 0. The van der Waals surface area contributed by atoms with Gasteiger partial charge in [-0.3, -0.25) is 0 Å². The van der Waals surface area contributed by atoms with Gasteiger partial charge in [0.25, 0.3) is 0 Å². The molecule has 0 bridgehead atoms. The van der Waals surface area contributed by atoms with Gasteiger partial charge in [-0.2, -0.15) is 0 Å². The lowest BCUT2D eigenvalue weighted by Crippen LogP contribution is -2.00. The van der Waals surface area contributed by atoms with Crippen LogP contribution in [0.5, 0.6) is 0 Å². The van der Waals surface area contributed by atoms with Crippen molar-refractivity contribution in [2.24, 2.45) is 0 Å². The highest BCUT2D eigenvalue weighted by Crippen LogP contribution is 2.46. The van der Waals surface area contributed by atoms with E-state index in [1.54, 1.807) is 0 Å². The third-order valence-corrected chi connectivity index (χ3v) is 12.1. The first-order valence-electron chi connectivity index (χ1n) is 21.0. The van der Waals surface area contributed by atoms with Crippen molar-refractivity contribution in [1.82, 2.24) is 15.0 Å². The van der Waals surface area contributed by atoms with Crippen molar-refractivity contribution in [1.29, 1.82) is 0 Å². The van der Waals surface area contributed by atoms with Gasteiger partial charge < -0.3 is 13.3 Å². The van der Waals surface area contributed by atoms with Crippen LogP contribution in [-0.2, 0) is 0 Å². The van der Waals surface area contributed by atoms with Crippen molar-refractivity contribution in [2.75, 3.05) is 0 Å². The molecule has 0 aliphatic carbocycles. The number of para-hydroxylation sites is 3. The molecule has 4 aromatic heterocycles. The van der Waals surface area contributed by atoms with Crippen LogP contribution in [0.4, 0.5) is 0 Å². The zero-order valence-corrected chi connectivity index (χ0v) is 33.6. The van der Waals surface area contributed by atoms with Crippen LogP contribution in [0.3, 0.4) is 0 Å². The quantitative estimate of drug-likeness (QED) is 0.166. The molecule has 0 saturated carbocycles. The molecule has 0 aliphatic heterocycles. The van der Waals surface area contributed by atoms with E-state index in [0.717, 1.165) is 116 Å². The molecule has 9 aromatic carbocycles. The minimum atomic E-state index is 0.596. The lowest BCUT2D eigenvalue weighted by atomic mass is 9.92. The second-order valence-corrected chi connectivity index (χ2v) is 15.9. The molecule has 0 saturated heterocycles. The molecule has 0 fully saturated rings. The van der Waals surface area contributed by atoms with Crippen LogP contribution in [0.1, 0.15) is 0 Å². The standard InChI is InChI=1S/C57H33N3O3/c1-3-14-34(15-4-1)55-58-56(35-16-5-2-6-17-35)60-57(59-55)38-19-11-18-36(30-38)40-22-13-27-50-52(40)47-32-39(41-23-12-24-45-43-21-8-10-26-49(43)62-53(41)45)31-46(54(47)63-50)37-28-29-44-42-20-7-9-25-48(42)61-51(44)33-37/h1-33H. The number of aromatic nitrogens is 3. The Morgan fingerprint density at radius 1 is 0.254 bits per heavy atom. The zero-order chi connectivity index (χ0) is 41.4. The second-order valence-electron chi connectivity index (χ2n) is 15.9. The summed E-state index contributed by atoms with van der Waals surface area (Å²) in [5.74, 6) is 1.83. The minimum Gasteiger partial charge on any atom is -0.456 e. The zero-order valence-electron chi connectivity index (χ0n) is 33.6. The molecule has 0 spiro atoms. The molecule has 0 atom stereocenters. The number of hydrogen-bond acceptors (Lipinski definition) is 6. The SMILES string of the molecule is c1ccc(-c2nc(-c3ccccc3)nc(-c3cccc(-c4cccc5oc6c(-c7ccc8c(c7)oc7ccccc78)cc(-c7cccc8c7oc7ccccc78)cc6c45)c3)n2)cc1. The van der Waals surface area contributed by atoms with Crippen LogP contribution in [0.2, 0.25) is 0 Å². The van der Waals surface area contributed by atoms with Crippen LogP contribution in [0.15, 0.2) is 213 Å². The van der Waals surface area contributed by atoms with Crippen molar-refractivity contribution in [3.63, 3.8) is 0 Å². The lowest BCUT2D eigenvalue weighted by Gasteiger charge is -2.11. The van der Waals surface area contributed by atoms with Gasteiger partial charge in [0.15, 0.2) is 17.5 Å². The van der Waals surface area contributed by atoms with Crippen LogP contribution in [-0.4, -0.2) is 15.0 Å². The monoisotopic (exact) mass is 807 g/mol. The molecule has 0 amide bonds. The summed E-state index contributed by atoms with van der Waals surface area (Å²) in [5, 5.41) is 6.34. The smallest absolute Gasteiger partial charge is 0.164 e. The Morgan fingerprint density at radius 2 is 0.762 bits per heavy atom. The Balaban J connectivity index is 1.04. The van der Waals surface area contributed by atoms with E-state index in [9.17, 15) is 0 Å². The Hall–Kier alpha value is -8.61. The first kappa shape index (κ1) is 35.2. The third kappa shape index (κ3) is 5.76. The largest absolute Gasteiger partial charge is 0.456 e. The predicted octanol–water partition coefficient (Wildman–Crippen LogP) is 15.6. The molecule has 6 nitrogen and oxygen atoms in total. The average molecular weight is 808 g/mol. The first-order chi connectivity index (χ1) is 31.2. The van der Waals surface area contributed by atoms with Crippen LogP contribution >= 0.6 is 0 Å². The molecule has 6 heteroatoms. The molecule has 63 heavy (non-hydrogen) atoms. The van der Waals surface area contributed by atoms with Gasteiger partial charge in [-0.1, -0.05) is 152 Å². The summed E-state index contributed by atoms with van der Waals surface area (Å²) < 4.78 is 20.0. The fourth-order valence-electron chi connectivity index (χ4n) is 9.17. The number of rotatable bonds is 6. The molecule has 0 radical (unpaired) electrons. The van der Waals surface area contributed by atoms with Crippen LogP contribution in [0.25, 0.3) is 133 Å². The normalized spacial score (nSPS) is 11.8. The second kappa shape index (κ2) is 14.0. The number of benzene rings is 9.